The third-order valence-electron chi connectivity index (χ3n) is 3.13. The van der Waals surface area contributed by atoms with Crippen molar-refractivity contribution in [3.05, 3.63) is 28.8 Å². The Morgan fingerprint density at radius 3 is 2.70 bits per heavy atom. The highest BCUT2D eigenvalue weighted by atomic mass is 35.5. The molecule has 2 rings (SSSR count). The van der Waals surface area contributed by atoms with Crippen molar-refractivity contribution in [2.45, 2.75) is 6.42 Å². The lowest BCUT2D eigenvalue weighted by Crippen LogP contribution is -2.26. The maximum atomic E-state index is 11.9. The molecule has 1 unspecified atom stereocenters. The Morgan fingerprint density at radius 1 is 1.45 bits per heavy atom. The largest absolute Gasteiger partial charge is 0.481 e. The Bertz CT molecular complexity index is 586. The van der Waals surface area contributed by atoms with Crippen molar-refractivity contribution in [3.8, 4) is 0 Å². The molecule has 1 heterocycles. The van der Waals surface area contributed by atoms with E-state index < -0.39 is 17.9 Å². The molecule has 0 radical (unpaired) electrons. The van der Waals surface area contributed by atoms with Gasteiger partial charge in [-0.3, -0.25) is 9.59 Å². The molecule has 1 aromatic carbocycles. The molecule has 1 aromatic rings. The average molecular weight is 298 g/mol. The van der Waals surface area contributed by atoms with Gasteiger partial charge in [0.25, 0.3) is 0 Å². The van der Waals surface area contributed by atoms with Crippen molar-refractivity contribution in [2.24, 2.45) is 5.92 Å². The first-order valence-corrected chi connectivity index (χ1v) is 6.23. The van der Waals surface area contributed by atoms with Crippen LogP contribution in [0.1, 0.15) is 16.8 Å². The molecule has 1 aliphatic heterocycles. The number of halogens is 1. The minimum Gasteiger partial charge on any atom is -0.481 e. The number of carboxylic acids is 1. The summed E-state index contributed by atoms with van der Waals surface area (Å²) < 4.78 is 4.60. The first-order valence-electron chi connectivity index (χ1n) is 5.85. The Morgan fingerprint density at radius 2 is 2.15 bits per heavy atom. The van der Waals surface area contributed by atoms with Crippen molar-refractivity contribution in [1.82, 2.24) is 0 Å². The second-order valence-corrected chi connectivity index (χ2v) is 4.81. The molecule has 6 nitrogen and oxygen atoms in total. The lowest BCUT2D eigenvalue weighted by molar-refractivity contribution is -0.141. The minimum absolute atomic E-state index is 0.0402. The van der Waals surface area contributed by atoms with E-state index in [-0.39, 0.29) is 29.5 Å². The predicted octanol–water partition coefficient (Wildman–Crippen LogP) is 1.56. The SMILES string of the molecule is COC(=O)c1ccc(Cl)c(N2CC(C(=O)O)CC2=O)c1. The second kappa shape index (κ2) is 5.50. The summed E-state index contributed by atoms with van der Waals surface area (Å²) in [6, 6.07) is 4.38. The molecule has 1 amide bonds. The van der Waals surface area contributed by atoms with E-state index in [9.17, 15) is 14.4 Å². The monoisotopic (exact) mass is 297 g/mol. The first kappa shape index (κ1) is 14.3. The van der Waals surface area contributed by atoms with E-state index in [0.717, 1.165) is 0 Å². The van der Waals surface area contributed by atoms with Crippen LogP contribution in [0.25, 0.3) is 0 Å². The summed E-state index contributed by atoms with van der Waals surface area (Å²) in [5, 5.41) is 9.23. The van der Waals surface area contributed by atoms with Gasteiger partial charge in [-0.25, -0.2) is 4.79 Å². The van der Waals surface area contributed by atoms with Gasteiger partial charge in [0.05, 0.1) is 29.3 Å². The molecule has 1 N–H and O–H groups in total. The zero-order valence-electron chi connectivity index (χ0n) is 10.6. The lowest BCUT2D eigenvalue weighted by atomic mass is 10.1. The second-order valence-electron chi connectivity index (χ2n) is 4.40. The van der Waals surface area contributed by atoms with Crippen LogP contribution >= 0.6 is 11.6 Å². The number of hydrogen-bond acceptors (Lipinski definition) is 4. The zero-order valence-corrected chi connectivity index (χ0v) is 11.4. The van der Waals surface area contributed by atoms with E-state index in [2.05, 4.69) is 4.74 Å². The third kappa shape index (κ3) is 2.60. The van der Waals surface area contributed by atoms with Crippen molar-refractivity contribution in [2.75, 3.05) is 18.6 Å². The van der Waals surface area contributed by atoms with E-state index >= 15 is 0 Å². The van der Waals surface area contributed by atoms with Crippen molar-refractivity contribution < 1.29 is 24.2 Å². The molecular formula is C13H12ClNO5. The Balaban J connectivity index is 2.35. The summed E-state index contributed by atoms with van der Waals surface area (Å²) in [5.74, 6) is -2.67. The molecule has 20 heavy (non-hydrogen) atoms. The fourth-order valence-corrected chi connectivity index (χ4v) is 2.29. The Hall–Kier alpha value is -2.08. The third-order valence-corrected chi connectivity index (χ3v) is 3.45. The standard InChI is InChI=1S/C13H12ClNO5/c1-20-13(19)7-2-3-9(14)10(4-7)15-6-8(12(17)18)5-11(15)16/h2-4,8H,5-6H2,1H3,(H,17,18). The van der Waals surface area contributed by atoms with E-state index in [1.165, 1.54) is 30.2 Å². The number of ether oxygens (including phenoxy) is 1. The Labute approximate surface area is 119 Å². The van der Waals surface area contributed by atoms with Crippen LogP contribution in [0.15, 0.2) is 18.2 Å². The molecule has 106 valence electrons. The van der Waals surface area contributed by atoms with Gasteiger partial charge in [0.15, 0.2) is 0 Å². The van der Waals surface area contributed by atoms with Gasteiger partial charge in [-0.15, -0.1) is 0 Å². The summed E-state index contributed by atoms with van der Waals surface area (Å²) in [7, 11) is 1.25. The number of carbonyl (C=O) groups is 3. The summed E-state index contributed by atoms with van der Waals surface area (Å²) in [5.41, 5.74) is 0.571. The minimum atomic E-state index is -1.03. The zero-order chi connectivity index (χ0) is 14.9. The number of carbonyl (C=O) groups excluding carboxylic acids is 2. The maximum absolute atomic E-state index is 11.9. The van der Waals surface area contributed by atoms with Crippen LogP contribution in [0.2, 0.25) is 5.02 Å². The van der Waals surface area contributed by atoms with E-state index in [1.807, 2.05) is 0 Å². The van der Waals surface area contributed by atoms with Crippen molar-refractivity contribution in [3.63, 3.8) is 0 Å². The molecule has 1 aliphatic rings. The van der Waals surface area contributed by atoms with Crippen LogP contribution < -0.4 is 4.90 Å². The van der Waals surface area contributed by atoms with E-state index in [0.29, 0.717) is 5.69 Å². The molecular weight excluding hydrogens is 286 g/mol. The smallest absolute Gasteiger partial charge is 0.337 e. The molecule has 0 aromatic heterocycles. The highest BCUT2D eigenvalue weighted by molar-refractivity contribution is 6.34. The van der Waals surface area contributed by atoms with Gasteiger partial charge in [0, 0.05) is 13.0 Å². The van der Waals surface area contributed by atoms with Gasteiger partial charge >= 0.3 is 11.9 Å². The van der Waals surface area contributed by atoms with E-state index in [1.54, 1.807) is 0 Å². The van der Waals surface area contributed by atoms with Gasteiger partial charge in [-0.1, -0.05) is 11.6 Å². The van der Waals surface area contributed by atoms with Crippen LogP contribution in [0, 0.1) is 5.92 Å². The fraction of sp³-hybridized carbons (Fsp3) is 0.308. The highest BCUT2D eigenvalue weighted by Gasteiger charge is 2.36. The summed E-state index contributed by atoms with van der Waals surface area (Å²) in [6.45, 7) is 0.0402. The molecule has 1 saturated heterocycles. The number of esters is 1. The lowest BCUT2D eigenvalue weighted by Gasteiger charge is -2.18. The topological polar surface area (TPSA) is 83.9 Å². The fourth-order valence-electron chi connectivity index (χ4n) is 2.07. The number of rotatable bonds is 3. The van der Waals surface area contributed by atoms with Gasteiger partial charge in [0.2, 0.25) is 5.91 Å². The van der Waals surface area contributed by atoms with Crippen molar-refractivity contribution in [1.29, 1.82) is 0 Å². The van der Waals surface area contributed by atoms with Crippen LogP contribution in [0.4, 0.5) is 5.69 Å². The average Bonchev–Trinajstić information content (AvgIpc) is 2.80. The summed E-state index contributed by atoms with van der Waals surface area (Å²) in [4.78, 5) is 35.6. The summed E-state index contributed by atoms with van der Waals surface area (Å²) in [6.07, 6.45) is -0.0753. The summed E-state index contributed by atoms with van der Waals surface area (Å²) >= 11 is 6.02. The van der Waals surface area contributed by atoms with Gasteiger partial charge in [0.1, 0.15) is 0 Å². The molecule has 0 saturated carbocycles. The normalized spacial score (nSPS) is 18.2. The van der Waals surface area contributed by atoms with Crippen molar-refractivity contribution >= 4 is 35.1 Å². The van der Waals surface area contributed by atoms with Crippen LogP contribution in [-0.4, -0.2) is 36.6 Å². The number of anilines is 1. The van der Waals surface area contributed by atoms with Crippen LogP contribution in [0.5, 0.6) is 0 Å². The molecule has 0 bridgehead atoms. The first-order chi connectivity index (χ1) is 9.43. The number of carboxylic acid groups (broad SMARTS) is 1. The van der Waals surface area contributed by atoms with Gasteiger partial charge < -0.3 is 14.7 Å². The van der Waals surface area contributed by atoms with Crippen LogP contribution in [-0.2, 0) is 14.3 Å². The maximum Gasteiger partial charge on any atom is 0.337 e. The molecule has 0 spiro atoms. The Kier molecular flexibility index (Phi) is 3.94. The van der Waals surface area contributed by atoms with E-state index in [4.69, 9.17) is 16.7 Å². The number of nitrogens with zero attached hydrogens (tertiary/aromatic N) is 1. The number of aliphatic carboxylic acids is 1. The molecule has 1 atom stereocenters. The highest BCUT2D eigenvalue weighted by Crippen LogP contribution is 2.32. The molecule has 7 heteroatoms. The van der Waals surface area contributed by atoms with Gasteiger partial charge in [-0.2, -0.15) is 0 Å². The number of amides is 1. The molecule has 1 fully saturated rings. The van der Waals surface area contributed by atoms with Gasteiger partial charge in [-0.05, 0) is 18.2 Å². The molecule has 0 aliphatic carbocycles. The van der Waals surface area contributed by atoms with Crippen LogP contribution in [0.3, 0.4) is 0 Å². The quantitative estimate of drug-likeness (QED) is 0.856. The number of methoxy groups -OCH3 is 1. The number of benzene rings is 1. The number of hydrogen-bond donors (Lipinski definition) is 1. The predicted molar refractivity (Wildman–Crippen MR) is 70.9 cm³/mol.